The number of nitrogens with one attached hydrogen (secondary N) is 1. The number of hydrogen-bond donors (Lipinski definition) is 1. The van der Waals surface area contributed by atoms with Crippen LogP contribution >= 0.6 is 0 Å². The summed E-state index contributed by atoms with van der Waals surface area (Å²) in [6, 6.07) is 12.6. The molecule has 4 heteroatoms. The molecule has 4 nitrogen and oxygen atoms in total. The third-order valence-electron chi connectivity index (χ3n) is 4.39. The summed E-state index contributed by atoms with van der Waals surface area (Å²) in [6.07, 6.45) is 4.79. The van der Waals surface area contributed by atoms with E-state index in [-0.39, 0.29) is 5.66 Å². The fourth-order valence-electron chi connectivity index (χ4n) is 3.29. The first-order valence-corrected chi connectivity index (χ1v) is 7.39. The first-order valence-electron chi connectivity index (χ1n) is 7.39. The van der Waals surface area contributed by atoms with Crippen LogP contribution in [0.1, 0.15) is 24.5 Å². The lowest BCUT2D eigenvalue weighted by molar-refractivity contribution is 0.212. The van der Waals surface area contributed by atoms with E-state index in [2.05, 4.69) is 58.5 Å². The lowest BCUT2D eigenvalue weighted by Gasteiger charge is -2.49. The molecule has 1 unspecified atom stereocenters. The SMILES string of the molecule is CC1(c2ccncc2)Nc2ccccc2C2=NCCCN21. The van der Waals surface area contributed by atoms with Crippen molar-refractivity contribution in [1.82, 2.24) is 9.88 Å². The van der Waals surface area contributed by atoms with E-state index < -0.39 is 0 Å². The number of aromatic nitrogens is 1. The highest BCUT2D eigenvalue weighted by Gasteiger charge is 2.41. The number of pyridine rings is 1. The molecule has 0 bridgehead atoms. The second-order valence-corrected chi connectivity index (χ2v) is 5.69. The van der Waals surface area contributed by atoms with Crippen LogP contribution in [0, 0.1) is 0 Å². The molecule has 0 radical (unpaired) electrons. The van der Waals surface area contributed by atoms with Gasteiger partial charge in [-0.3, -0.25) is 9.98 Å². The van der Waals surface area contributed by atoms with Gasteiger partial charge in [0.1, 0.15) is 11.5 Å². The zero-order valence-electron chi connectivity index (χ0n) is 12.1. The van der Waals surface area contributed by atoms with Crippen LogP contribution in [0.4, 0.5) is 5.69 Å². The van der Waals surface area contributed by atoms with Crippen LogP contribution in [0.3, 0.4) is 0 Å². The number of rotatable bonds is 1. The molecule has 0 amide bonds. The number of anilines is 1. The molecule has 4 rings (SSSR count). The highest BCUT2D eigenvalue weighted by atomic mass is 15.4. The number of fused-ring (bicyclic) bond motifs is 3. The van der Waals surface area contributed by atoms with E-state index in [1.54, 1.807) is 0 Å². The van der Waals surface area contributed by atoms with E-state index in [9.17, 15) is 0 Å². The Balaban J connectivity index is 1.91. The lowest BCUT2D eigenvalue weighted by atomic mass is 9.93. The third-order valence-corrected chi connectivity index (χ3v) is 4.39. The lowest BCUT2D eigenvalue weighted by Crippen LogP contribution is -2.57. The zero-order valence-corrected chi connectivity index (χ0v) is 12.1. The van der Waals surface area contributed by atoms with Crippen LogP contribution in [0.15, 0.2) is 53.8 Å². The minimum absolute atomic E-state index is 0.281. The van der Waals surface area contributed by atoms with Crippen molar-refractivity contribution in [1.29, 1.82) is 0 Å². The van der Waals surface area contributed by atoms with Gasteiger partial charge in [-0.15, -0.1) is 0 Å². The average Bonchev–Trinajstić information content (AvgIpc) is 2.56. The van der Waals surface area contributed by atoms with Gasteiger partial charge in [0.05, 0.1) is 0 Å². The molecule has 0 saturated heterocycles. The van der Waals surface area contributed by atoms with E-state index in [4.69, 9.17) is 4.99 Å². The Hall–Kier alpha value is -2.36. The van der Waals surface area contributed by atoms with Gasteiger partial charge in [0, 0.05) is 42.3 Å². The van der Waals surface area contributed by atoms with Gasteiger partial charge in [0.25, 0.3) is 0 Å². The molecule has 21 heavy (non-hydrogen) atoms. The third kappa shape index (κ3) is 1.82. The fraction of sp³-hybridized carbons (Fsp3) is 0.294. The van der Waals surface area contributed by atoms with Gasteiger partial charge in [0.15, 0.2) is 0 Å². The Labute approximate surface area is 124 Å². The zero-order chi connectivity index (χ0) is 14.3. The number of nitrogens with zero attached hydrogens (tertiary/aromatic N) is 3. The van der Waals surface area contributed by atoms with Crippen molar-refractivity contribution >= 4 is 11.5 Å². The number of aliphatic imine (C=N–C) groups is 1. The van der Waals surface area contributed by atoms with E-state index in [0.29, 0.717) is 0 Å². The van der Waals surface area contributed by atoms with Crippen LogP contribution in [0.25, 0.3) is 0 Å². The predicted octanol–water partition coefficient (Wildman–Crippen LogP) is 2.83. The topological polar surface area (TPSA) is 40.5 Å². The fourth-order valence-corrected chi connectivity index (χ4v) is 3.29. The molecule has 1 N–H and O–H groups in total. The summed E-state index contributed by atoms with van der Waals surface area (Å²) in [4.78, 5) is 11.3. The monoisotopic (exact) mass is 278 g/mol. The molecule has 0 fully saturated rings. The molecule has 106 valence electrons. The Morgan fingerprint density at radius 2 is 1.95 bits per heavy atom. The van der Waals surface area contributed by atoms with Gasteiger partial charge in [-0.05, 0) is 37.6 Å². The second-order valence-electron chi connectivity index (χ2n) is 5.69. The van der Waals surface area contributed by atoms with E-state index >= 15 is 0 Å². The number of amidine groups is 1. The predicted molar refractivity (Wildman–Crippen MR) is 84.4 cm³/mol. The molecule has 2 aromatic rings. The van der Waals surface area contributed by atoms with Gasteiger partial charge in [-0.1, -0.05) is 12.1 Å². The van der Waals surface area contributed by atoms with E-state index in [0.717, 1.165) is 31.0 Å². The van der Waals surface area contributed by atoms with Gasteiger partial charge in [0.2, 0.25) is 0 Å². The molecule has 0 spiro atoms. The van der Waals surface area contributed by atoms with Gasteiger partial charge in [-0.2, -0.15) is 0 Å². The Bertz CT molecular complexity index is 695. The van der Waals surface area contributed by atoms with Crippen LogP contribution < -0.4 is 5.32 Å². The van der Waals surface area contributed by atoms with Crippen molar-refractivity contribution in [2.45, 2.75) is 19.0 Å². The summed E-state index contributed by atoms with van der Waals surface area (Å²) in [5.74, 6) is 1.11. The van der Waals surface area contributed by atoms with Crippen molar-refractivity contribution in [3.8, 4) is 0 Å². The first kappa shape index (κ1) is 12.4. The molecule has 2 aliphatic rings. The van der Waals surface area contributed by atoms with E-state index in [1.807, 2.05) is 12.4 Å². The summed E-state index contributed by atoms with van der Waals surface area (Å²) in [7, 11) is 0. The summed E-state index contributed by atoms with van der Waals surface area (Å²) in [5.41, 5.74) is 3.27. The van der Waals surface area contributed by atoms with Crippen LogP contribution in [0.5, 0.6) is 0 Å². The first-order chi connectivity index (χ1) is 10.3. The molecule has 1 aromatic carbocycles. The molecular weight excluding hydrogens is 260 g/mol. The highest BCUT2D eigenvalue weighted by Crippen LogP contribution is 2.38. The molecule has 2 aliphatic heterocycles. The van der Waals surface area contributed by atoms with Crippen molar-refractivity contribution in [3.63, 3.8) is 0 Å². The number of para-hydroxylation sites is 1. The highest BCUT2D eigenvalue weighted by molar-refractivity contribution is 6.06. The molecule has 0 aliphatic carbocycles. The summed E-state index contributed by atoms with van der Waals surface area (Å²) >= 11 is 0. The minimum Gasteiger partial charge on any atom is -0.359 e. The maximum absolute atomic E-state index is 4.80. The summed E-state index contributed by atoms with van der Waals surface area (Å²) in [6.45, 7) is 4.14. The molecule has 1 atom stereocenters. The van der Waals surface area contributed by atoms with E-state index in [1.165, 1.54) is 11.1 Å². The number of benzene rings is 1. The number of hydrogen-bond acceptors (Lipinski definition) is 4. The van der Waals surface area contributed by atoms with Crippen LogP contribution in [-0.2, 0) is 5.66 Å². The maximum atomic E-state index is 4.80. The molecule has 3 heterocycles. The maximum Gasteiger partial charge on any atom is 0.135 e. The summed E-state index contributed by atoms with van der Waals surface area (Å²) < 4.78 is 0. The van der Waals surface area contributed by atoms with Crippen molar-refractivity contribution in [2.24, 2.45) is 4.99 Å². The normalized spacial score (nSPS) is 23.7. The minimum atomic E-state index is -0.281. The molecule has 1 aromatic heterocycles. The van der Waals surface area contributed by atoms with Crippen LogP contribution in [-0.4, -0.2) is 28.8 Å². The van der Waals surface area contributed by atoms with Gasteiger partial charge in [-0.25, -0.2) is 0 Å². The Morgan fingerprint density at radius 1 is 1.14 bits per heavy atom. The molecule has 0 saturated carbocycles. The smallest absolute Gasteiger partial charge is 0.135 e. The van der Waals surface area contributed by atoms with Crippen molar-refractivity contribution in [3.05, 3.63) is 59.9 Å². The quantitative estimate of drug-likeness (QED) is 0.872. The van der Waals surface area contributed by atoms with Crippen LogP contribution in [0.2, 0.25) is 0 Å². The van der Waals surface area contributed by atoms with Gasteiger partial charge < -0.3 is 10.2 Å². The largest absolute Gasteiger partial charge is 0.359 e. The second kappa shape index (κ2) is 4.58. The average molecular weight is 278 g/mol. The summed E-state index contributed by atoms with van der Waals surface area (Å²) in [5, 5.41) is 3.71. The van der Waals surface area contributed by atoms with Gasteiger partial charge >= 0.3 is 0 Å². The Kier molecular flexibility index (Phi) is 2.70. The standard InChI is InChI=1S/C17H18N4/c1-17(13-7-10-18-11-8-13)20-15-6-3-2-5-14(15)16-19-9-4-12-21(16)17/h2-3,5-8,10-11,20H,4,9,12H2,1H3. The molecular formula is C17H18N4. The van der Waals surface area contributed by atoms with Crippen molar-refractivity contribution < 1.29 is 0 Å². The Morgan fingerprint density at radius 3 is 2.81 bits per heavy atom. The van der Waals surface area contributed by atoms with Crippen molar-refractivity contribution in [2.75, 3.05) is 18.4 Å².